The summed E-state index contributed by atoms with van der Waals surface area (Å²) >= 11 is 11.3. The molecule has 0 spiro atoms. The summed E-state index contributed by atoms with van der Waals surface area (Å²) in [6, 6.07) is 5.00. The van der Waals surface area contributed by atoms with E-state index in [1.807, 2.05) is 6.07 Å². The van der Waals surface area contributed by atoms with Gasteiger partial charge in [0.15, 0.2) is 0 Å². The molecule has 1 heterocycles. The van der Waals surface area contributed by atoms with E-state index in [0.29, 0.717) is 10.6 Å². The molecule has 0 bridgehead atoms. The molecule has 0 atom stereocenters. The minimum atomic E-state index is -0.200. The van der Waals surface area contributed by atoms with Crippen LogP contribution in [0.1, 0.15) is 5.56 Å². The molecule has 0 fully saturated rings. The first kappa shape index (κ1) is 9.31. The van der Waals surface area contributed by atoms with Crippen LogP contribution in [0, 0.1) is 5.82 Å². The van der Waals surface area contributed by atoms with Crippen molar-refractivity contribution in [3.63, 3.8) is 0 Å². The van der Waals surface area contributed by atoms with E-state index in [4.69, 9.17) is 11.6 Å². The fourth-order valence-electron chi connectivity index (χ4n) is 1.25. The first-order valence-electron chi connectivity index (χ1n) is 3.69. The summed E-state index contributed by atoms with van der Waals surface area (Å²) in [4.78, 5) is 0. The van der Waals surface area contributed by atoms with E-state index < -0.39 is 0 Å². The number of thiophene rings is 1. The van der Waals surface area contributed by atoms with Gasteiger partial charge in [0, 0.05) is 11.3 Å². The largest absolute Gasteiger partial charge is 0.205 e. The maximum Gasteiger partial charge on any atom is 0.141 e. The highest BCUT2D eigenvalue weighted by molar-refractivity contribution is 7.83. The van der Waals surface area contributed by atoms with Gasteiger partial charge in [0.25, 0.3) is 0 Å². The van der Waals surface area contributed by atoms with Crippen LogP contribution in [0.25, 0.3) is 10.1 Å². The van der Waals surface area contributed by atoms with Crippen molar-refractivity contribution in [3.05, 3.63) is 29.6 Å². The lowest BCUT2D eigenvalue weighted by atomic mass is 10.2. The van der Waals surface area contributed by atoms with Crippen molar-refractivity contribution in [1.29, 1.82) is 0 Å². The fourth-order valence-corrected chi connectivity index (χ4v) is 3.14. The van der Waals surface area contributed by atoms with Gasteiger partial charge in [0.2, 0.25) is 0 Å². The van der Waals surface area contributed by atoms with Crippen LogP contribution in [0.4, 0.5) is 4.39 Å². The molecule has 0 saturated carbocycles. The molecule has 68 valence electrons. The number of fused-ring (bicyclic) bond motifs is 1. The number of hydrogen-bond acceptors (Lipinski definition) is 2. The molecule has 4 heteroatoms. The van der Waals surface area contributed by atoms with Crippen LogP contribution in [0.2, 0.25) is 0 Å². The molecule has 2 rings (SSSR count). The lowest BCUT2D eigenvalue weighted by Gasteiger charge is -1.93. The number of benzene rings is 1. The highest BCUT2D eigenvalue weighted by atomic mass is 35.5. The molecule has 2 aromatic rings. The van der Waals surface area contributed by atoms with E-state index in [-0.39, 0.29) is 5.82 Å². The molecule has 0 saturated heterocycles. The zero-order chi connectivity index (χ0) is 9.42. The monoisotopic (exact) mass is 232 g/mol. The van der Waals surface area contributed by atoms with E-state index in [9.17, 15) is 4.39 Å². The Morgan fingerprint density at radius 1 is 1.46 bits per heavy atom. The van der Waals surface area contributed by atoms with E-state index in [1.54, 1.807) is 6.07 Å². The minimum Gasteiger partial charge on any atom is -0.205 e. The van der Waals surface area contributed by atoms with Crippen molar-refractivity contribution in [2.24, 2.45) is 0 Å². The van der Waals surface area contributed by atoms with Crippen molar-refractivity contribution in [1.82, 2.24) is 0 Å². The standard InChI is InChI=1S/C9H6ClFS2/c10-4-6-5-2-1-3-7(11)8(5)13-9(6)12/h1-3,12H,4H2. The minimum absolute atomic E-state index is 0.200. The smallest absolute Gasteiger partial charge is 0.141 e. The summed E-state index contributed by atoms with van der Waals surface area (Å²) < 4.78 is 14.7. The van der Waals surface area contributed by atoms with Gasteiger partial charge in [-0.1, -0.05) is 12.1 Å². The molecule has 0 aliphatic carbocycles. The second-order valence-corrected chi connectivity index (χ2v) is 4.67. The summed E-state index contributed by atoms with van der Waals surface area (Å²) in [5.74, 6) is 0.177. The Bertz CT molecular complexity index is 450. The highest BCUT2D eigenvalue weighted by Crippen LogP contribution is 2.36. The molecule has 0 nitrogen and oxygen atoms in total. The summed E-state index contributed by atoms with van der Waals surface area (Å²) in [7, 11) is 0. The van der Waals surface area contributed by atoms with Crippen molar-refractivity contribution in [2.75, 3.05) is 0 Å². The Labute approximate surface area is 89.7 Å². The third-order valence-corrected chi connectivity index (χ3v) is 3.75. The van der Waals surface area contributed by atoms with Gasteiger partial charge in [0.05, 0.1) is 8.91 Å². The molecule has 0 N–H and O–H groups in total. The normalized spacial score (nSPS) is 11.0. The molecule has 13 heavy (non-hydrogen) atoms. The Balaban J connectivity index is 2.86. The zero-order valence-electron chi connectivity index (χ0n) is 6.55. The van der Waals surface area contributed by atoms with Gasteiger partial charge in [-0.25, -0.2) is 4.39 Å². The molecule has 0 amide bonds. The molecular weight excluding hydrogens is 227 g/mol. The number of halogens is 2. The number of hydrogen-bond donors (Lipinski definition) is 1. The maximum atomic E-state index is 13.2. The van der Waals surface area contributed by atoms with Gasteiger partial charge in [-0.15, -0.1) is 35.6 Å². The molecule has 0 aliphatic rings. The van der Waals surface area contributed by atoms with Crippen molar-refractivity contribution in [2.45, 2.75) is 10.1 Å². The highest BCUT2D eigenvalue weighted by Gasteiger charge is 2.10. The number of alkyl halides is 1. The topological polar surface area (TPSA) is 0 Å². The number of thiol groups is 1. The Morgan fingerprint density at radius 3 is 2.92 bits per heavy atom. The van der Waals surface area contributed by atoms with Gasteiger partial charge in [-0.05, 0) is 11.6 Å². The number of rotatable bonds is 1. The lowest BCUT2D eigenvalue weighted by molar-refractivity contribution is 0.641. The summed E-state index contributed by atoms with van der Waals surface area (Å²) in [5.41, 5.74) is 0.921. The van der Waals surface area contributed by atoms with E-state index in [1.165, 1.54) is 17.4 Å². The Kier molecular flexibility index (Phi) is 2.49. The van der Waals surface area contributed by atoms with Crippen LogP contribution in [-0.2, 0) is 5.88 Å². The SMILES string of the molecule is Fc1cccc2c(CCl)c(S)sc12. The quantitative estimate of drug-likeness (QED) is 0.556. The predicted octanol–water partition coefficient (Wildman–Crippen LogP) is 4.07. The summed E-state index contributed by atoms with van der Waals surface area (Å²) in [6.45, 7) is 0. The van der Waals surface area contributed by atoms with Crippen LogP contribution >= 0.6 is 35.6 Å². The van der Waals surface area contributed by atoms with E-state index in [0.717, 1.165) is 15.2 Å². The zero-order valence-corrected chi connectivity index (χ0v) is 9.02. The van der Waals surface area contributed by atoms with Crippen LogP contribution in [-0.4, -0.2) is 0 Å². The summed E-state index contributed by atoms with van der Waals surface area (Å²) in [5, 5.41) is 0.880. The van der Waals surface area contributed by atoms with Gasteiger partial charge >= 0.3 is 0 Å². The average Bonchev–Trinajstić information content (AvgIpc) is 2.43. The van der Waals surface area contributed by atoms with Crippen LogP contribution in [0.3, 0.4) is 0 Å². The fraction of sp³-hybridized carbons (Fsp3) is 0.111. The van der Waals surface area contributed by atoms with Gasteiger partial charge in [-0.3, -0.25) is 0 Å². The van der Waals surface area contributed by atoms with E-state index in [2.05, 4.69) is 12.6 Å². The first-order chi connectivity index (χ1) is 6.24. The summed E-state index contributed by atoms with van der Waals surface area (Å²) in [6.07, 6.45) is 0. The molecule has 0 radical (unpaired) electrons. The van der Waals surface area contributed by atoms with Gasteiger partial charge in [0.1, 0.15) is 5.82 Å². The van der Waals surface area contributed by atoms with Gasteiger partial charge in [-0.2, -0.15) is 0 Å². The second kappa shape index (κ2) is 3.48. The van der Waals surface area contributed by atoms with Crippen molar-refractivity contribution >= 4 is 45.7 Å². The molecule has 0 unspecified atom stereocenters. The van der Waals surface area contributed by atoms with Crippen LogP contribution in [0.5, 0.6) is 0 Å². The maximum absolute atomic E-state index is 13.2. The van der Waals surface area contributed by atoms with Crippen LogP contribution in [0.15, 0.2) is 22.4 Å². The first-order valence-corrected chi connectivity index (χ1v) is 5.48. The molecule has 1 aromatic carbocycles. The Morgan fingerprint density at radius 2 is 2.23 bits per heavy atom. The third kappa shape index (κ3) is 1.45. The van der Waals surface area contributed by atoms with Crippen LogP contribution < -0.4 is 0 Å². The second-order valence-electron chi connectivity index (χ2n) is 2.64. The molecular formula is C9H6ClFS2. The molecule has 1 aromatic heterocycles. The molecule has 0 aliphatic heterocycles. The lowest BCUT2D eigenvalue weighted by Crippen LogP contribution is -1.76. The predicted molar refractivity (Wildman–Crippen MR) is 58.6 cm³/mol. The Hall–Kier alpha value is -0.250. The van der Waals surface area contributed by atoms with Gasteiger partial charge < -0.3 is 0 Å². The van der Waals surface area contributed by atoms with E-state index >= 15 is 0 Å². The average molecular weight is 233 g/mol. The third-order valence-electron chi connectivity index (χ3n) is 1.88. The van der Waals surface area contributed by atoms with Crippen molar-refractivity contribution < 1.29 is 4.39 Å². The van der Waals surface area contributed by atoms with Crippen molar-refractivity contribution in [3.8, 4) is 0 Å².